The molecule has 0 aliphatic rings. The van der Waals surface area contributed by atoms with Gasteiger partial charge in [0.05, 0.1) is 12.6 Å². The summed E-state index contributed by atoms with van der Waals surface area (Å²) in [6.07, 6.45) is 2.88. The number of carbonyl (C=O) groups excluding carboxylic acids is 1. The third kappa shape index (κ3) is 6.89. The lowest BCUT2D eigenvalue weighted by molar-refractivity contribution is -0.133. The maximum atomic E-state index is 13.4. The lowest BCUT2D eigenvalue weighted by Crippen LogP contribution is -2.37. The third-order valence-electron chi connectivity index (χ3n) is 6.25. The summed E-state index contributed by atoms with van der Waals surface area (Å²) < 4.78 is 19.1. The Morgan fingerprint density at radius 3 is 2.44 bits per heavy atom. The number of benzene rings is 2. The summed E-state index contributed by atoms with van der Waals surface area (Å²) in [5.41, 5.74) is 5.63. The van der Waals surface area contributed by atoms with Gasteiger partial charge >= 0.3 is 0 Å². The van der Waals surface area contributed by atoms with Crippen LogP contribution in [0.4, 0.5) is 4.39 Å². The number of ether oxygens (including phenoxy) is 1. The smallest absolute Gasteiger partial charge is 0.223 e. The van der Waals surface area contributed by atoms with Crippen LogP contribution in [0.15, 0.2) is 60.7 Å². The highest BCUT2D eigenvalue weighted by Crippen LogP contribution is 2.25. The lowest BCUT2D eigenvalue weighted by Gasteiger charge is -2.30. The van der Waals surface area contributed by atoms with Crippen LogP contribution >= 0.6 is 0 Å². The minimum Gasteiger partial charge on any atom is -0.476 e. The molecule has 0 saturated heterocycles. The molecule has 0 N–H and O–H groups in total. The van der Waals surface area contributed by atoms with Gasteiger partial charge in [-0.25, -0.2) is 9.37 Å². The highest BCUT2D eigenvalue weighted by atomic mass is 19.1. The van der Waals surface area contributed by atoms with E-state index < -0.39 is 0 Å². The molecule has 5 heteroatoms. The van der Waals surface area contributed by atoms with E-state index >= 15 is 0 Å². The molecule has 1 heterocycles. The molecule has 3 rings (SSSR count). The summed E-state index contributed by atoms with van der Waals surface area (Å²) in [5.74, 6) is 0.344. The van der Waals surface area contributed by atoms with Gasteiger partial charge in [-0.1, -0.05) is 50.2 Å². The number of rotatable bonds is 11. The van der Waals surface area contributed by atoms with E-state index in [-0.39, 0.29) is 17.8 Å². The van der Waals surface area contributed by atoms with E-state index in [1.807, 2.05) is 30.0 Å². The van der Waals surface area contributed by atoms with Gasteiger partial charge in [0, 0.05) is 18.2 Å². The summed E-state index contributed by atoms with van der Waals surface area (Å²) in [5, 5.41) is 0. The number of hydrogen-bond donors (Lipinski definition) is 0. The SMILES string of the molecule is CCc1ccc(C(C)N(CCOc2cccc(C)n2)C(=O)CCc2ccc(F)cc2)cc1CC. The van der Waals surface area contributed by atoms with Crippen molar-refractivity contribution < 1.29 is 13.9 Å². The fraction of sp³-hybridized carbons (Fsp3) is 0.379. The molecule has 3 aromatic rings. The predicted molar refractivity (Wildman–Crippen MR) is 135 cm³/mol. The maximum absolute atomic E-state index is 13.4. The molecule has 0 spiro atoms. The zero-order valence-electron chi connectivity index (χ0n) is 20.7. The van der Waals surface area contributed by atoms with E-state index in [0.29, 0.717) is 31.9 Å². The van der Waals surface area contributed by atoms with Gasteiger partial charge in [-0.3, -0.25) is 4.79 Å². The van der Waals surface area contributed by atoms with Crippen LogP contribution in [-0.4, -0.2) is 28.9 Å². The fourth-order valence-corrected chi connectivity index (χ4v) is 4.19. The van der Waals surface area contributed by atoms with E-state index in [0.717, 1.165) is 29.7 Å². The molecule has 0 aliphatic carbocycles. The normalized spacial score (nSPS) is 11.8. The molecule has 0 aliphatic heterocycles. The van der Waals surface area contributed by atoms with Crippen LogP contribution in [0.5, 0.6) is 5.88 Å². The van der Waals surface area contributed by atoms with Gasteiger partial charge in [0.15, 0.2) is 0 Å². The Morgan fingerprint density at radius 1 is 1.03 bits per heavy atom. The number of carbonyl (C=O) groups is 1. The Balaban J connectivity index is 1.75. The van der Waals surface area contributed by atoms with E-state index in [2.05, 4.69) is 44.0 Å². The Bertz CT molecular complexity index is 1080. The molecule has 1 amide bonds. The molecule has 0 fully saturated rings. The van der Waals surface area contributed by atoms with Crippen LogP contribution in [0.1, 0.15) is 61.2 Å². The van der Waals surface area contributed by atoms with Crippen LogP contribution in [0.2, 0.25) is 0 Å². The summed E-state index contributed by atoms with van der Waals surface area (Å²) in [6, 6.07) is 18.4. The highest BCUT2D eigenvalue weighted by molar-refractivity contribution is 5.77. The first-order valence-corrected chi connectivity index (χ1v) is 12.1. The second-order valence-electron chi connectivity index (χ2n) is 8.59. The molecule has 1 unspecified atom stereocenters. The highest BCUT2D eigenvalue weighted by Gasteiger charge is 2.22. The fourth-order valence-electron chi connectivity index (χ4n) is 4.19. The number of amides is 1. The van der Waals surface area contributed by atoms with Crippen molar-refractivity contribution in [2.24, 2.45) is 0 Å². The van der Waals surface area contributed by atoms with Crippen LogP contribution in [0, 0.1) is 12.7 Å². The Morgan fingerprint density at radius 2 is 1.76 bits per heavy atom. The second kappa shape index (κ2) is 12.3. The average molecular weight is 463 g/mol. The van der Waals surface area contributed by atoms with Crippen molar-refractivity contribution in [3.8, 4) is 5.88 Å². The molecular weight excluding hydrogens is 427 g/mol. The first-order chi connectivity index (χ1) is 16.4. The van der Waals surface area contributed by atoms with Crippen molar-refractivity contribution in [2.45, 2.75) is 59.4 Å². The van der Waals surface area contributed by atoms with Gasteiger partial charge in [-0.05, 0) is 73.6 Å². The van der Waals surface area contributed by atoms with E-state index in [4.69, 9.17) is 4.74 Å². The van der Waals surface area contributed by atoms with Crippen molar-refractivity contribution in [2.75, 3.05) is 13.2 Å². The van der Waals surface area contributed by atoms with Crippen LogP contribution in [0.25, 0.3) is 0 Å². The molecule has 0 bridgehead atoms. The average Bonchev–Trinajstić information content (AvgIpc) is 2.85. The van der Waals surface area contributed by atoms with E-state index in [9.17, 15) is 9.18 Å². The summed E-state index contributed by atoms with van der Waals surface area (Å²) >= 11 is 0. The number of aromatic nitrogens is 1. The van der Waals surface area contributed by atoms with Crippen LogP contribution in [-0.2, 0) is 24.1 Å². The van der Waals surface area contributed by atoms with Crippen molar-refractivity contribution >= 4 is 5.91 Å². The number of halogens is 1. The summed E-state index contributed by atoms with van der Waals surface area (Å²) in [7, 11) is 0. The molecule has 1 aromatic heterocycles. The number of pyridine rings is 1. The van der Waals surface area contributed by atoms with E-state index in [1.165, 1.54) is 23.3 Å². The van der Waals surface area contributed by atoms with Gasteiger partial charge in [0.25, 0.3) is 0 Å². The third-order valence-corrected chi connectivity index (χ3v) is 6.25. The zero-order valence-corrected chi connectivity index (χ0v) is 20.7. The monoisotopic (exact) mass is 462 g/mol. The summed E-state index contributed by atoms with van der Waals surface area (Å²) in [6.45, 7) is 9.14. The largest absolute Gasteiger partial charge is 0.476 e. The molecule has 0 radical (unpaired) electrons. The second-order valence-corrected chi connectivity index (χ2v) is 8.59. The van der Waals surface area contributed by atoms with Crippen molar-refractivity contribution in [1.29, 1.82) is 0 Å². The van der Waals surface area contributed by atoms with Gasteiger partial charge < -0.3 is 9.64 Å². The summed E-state index contributed by atoms with van der Waals surface area (Å²) in [4.78, 5) is 19.6. The van der Waals surface area contributed by atoms with Crippen molar-refractivity contribution in [1.82, 2.24) is 9.88 Å². The minimum absolute atomic E-state index is 0.0512. The molecule has 2 aromatic carbocycles. The minimum atomic E-state index is -0.269. The standard InChI is InChI=1S/C29H35FN2O2/c1-5-24-13-14-26(20-25(24)6-2)22(4)32(18-19-34-28-9-7-8-21(3)31-28)29(33)17-12-23-10-15-27(30)16-11-23/h7-11,13-16,20,22H,5-6,12,17-19H2,1-4H3. The van der Waals surface area contributed by atoms with Crippen LogP contribution < -0.4 is 4.74 Å². The van der Waals surface area contributed by atoms with E-state index in [1.54, 1.807) is 12.1 Å². The molecule has 4 nitrogen and oxygen atoms in total. The van der Waals surface area contributed by atoms with Gasteiger partial charge in [-0.15, -0.1) is 0 Å². The molecular formula is C29H35FN2O2. The van der Waals surface area contributed by atoms with Crippen molar-refractivity contribution in [3.05, 3.63) is 94.4 Å². The quantitative estimate of drug-likeness (QED) is 0.338. The Hall–Kier alpha value is -3.21. The zero-order chi connectivity index (χ0) is 24.5. The first-order valence-electron chi connectivity index (χ1n) is 12.1. The topological polar surface area (TPSA) is 42.4 Å². The molecule has 0 saturated carbocycles. The number of hydrogen-bond acceptors (Lipinski definition) is 3. The van der Waals surface area contributed by atoms with Gasteiger partial charge in [-0.2, -0.15) is 0 Å². The number of aryl methyl sites for hydroxylation is 4. The van der Waals surface area contributed by atoms with Gasteiger partial charge in [0.1, 0.15) is 12.4 Å². The molecule has 34 heavy (non-hydrogen) atoms. The van der Waals surface area contributed by atoms with Gasteiger partial charge in [0.2, 0.25) is 11.8 Å². The predicted octanol–water partition coefficient (Wildman–Crippen LogP) is 6.26. The molecule has 180 valence electrons. The van der Waals surface area contributed by atoms with Crippen LogP contribution in [0.3, 0.4) is 0 Å². The lowest BCUT2D eigenvalue weighted by atomic mass is 9.96. The molecule has 1 atom stereocenters. The van der Waals surface area contributed by atoms with Crippen molar-refractivity contribution in [3.63, 3.8) is 0 Å². The number of nitrogens with zero attached hydrogens (tertiary/aromatic N) is 2. The Labute approximate surface area is 202 Å². The first kappa shape index (κ1) is 25.4. The Kier molecular flexibility index (Phi) is 9.20. The maximum Gasteiger partial charge on any atom is 0.223 e.